The Hall–Kier alpha value is -1.07. The number of sulfone groups is 1. The maximum atomic E-state index is 11.9. The number of hydrogen-bond donors (Lipinski definition) is 1. The van der Waals surface area contributed by atoms with Crippen molar-refractivity contribution in [3.63, 3.8) is 0 Å². The molecule has 4 nitrogen and oxygen atoms in total. The van der Waals surface area contributed by atoms with Crippen LogP contribution in [0.25, 0.3) is 0 Å². The fourth-order valence-electron chi connectivity index (χ4n) is 1.29. The molecule has 0 saturated heterocycles. The molecule has 106 valence electrons. The standard InChI is InChI=1S/C13H18ClNO3S/c1-13(2,19(3,17)18)9-15-12(16)11(14)10-7-5-4-6-8-10/h4-8,11H,9H2,1-3H3,(H,15,16). The van der Waals surface area contributed by atoms with Crippen LogP contribution in [0.3, 0.4) is 0 Å². The normalized spacial score (nSPS) is 13.9. The Labute approximate surface area is 119 Å². The maximum Gasteiger partial charge on any atom is 0.242 e. The molecule has 19 heavy (non-hydrogen) atoms. The van der Waals surface area contributed by atoms with Crippen molar-refractivity contribution in [1.82, 2.24) is 5.32 Å². The molecular formula is C13H18ClNO3S. The minimum absolute atomic E-state index is 0.0285. The number of benzene rings is 1. The first kappa shape index (κ1) is 16.0. The van der Waals surface area contributed by atoms with Gasteiger partial charge in [-0.1, -0.05) is 30.3 Å². The molecule has 1 rings (SSSR count). The van der Waals surface area contributed by atoms with Gasteiger partial charge < -0.3 is 5.32 Å². The van der Waals surface area contributed by atoms with Crippen molar-refractivity contribution in [2.24, 2.45) is 0 Å². The number of nitrogens with one attached hydrogen (secondary N) is 1. The minimum atomic E-state index is -3.25. The zero-order valence-electron chi connectivity index (χ0n) is 11.2. The Kier molecular flexibility index (Phi) is 4.98. The molecule has 0 fully saturated rings. The van der Waals surface area contributed by atoms with E-state index < -0.39 is 25.9 Å². The Morgan fingerprint density at radius 3 is 2.32 bits per heavy atom. The SMILES string of the molecule is CC(C)(CNC(=O)C(Cl)c1ccccc1)S(C)(=O)=O. The summed E-state index contributed by atoms with van der Waals surface area (Å²) in [7, 11) is -3.25. The molecule has 0 heterocycles. The molecule has 6 heteroatoms. The van der Waals surface area contributed by atoms with Crippen molar-refractivity contribution in [2.45, 2.75) is 24.0 Å². The summed E-state index contributed by atoms with van der Waals surface area (Å²) >= 11 is 6.04. The highest BCUT2D eigenvalue weighted by molar-refractivity contribution is 7.92. The number of alkyl halides is 1. The van der Waals surface area contributed by atoms with E-state index in [1.165, 1.54) is 0 Å². The van der Waals surface area contributed by atoms with Crippen molar-refractivity contribution in [3.05, 3.63) is 35.9 Å². The van der Waals surface area contributed by atoms with Crippen LogP contribution >= 0.6 is 11.6 Å². The number of halogens is 1. The Morgan fingerprint density at radius 2 is 1.84 bits per heavy atom. The van der Waals surface area contributed by atoms with E-state index in [0.29, 0.717) is 5.56 Å². The van der Waals surface area contributed by atoms with Crippen LogP contribution in [-0.2, 0) is 14.6 Å². The quantitative estimate of drug-likeness (QED) is 0.845. The van der Waals surface area contributed by atoms with Crippen molar-refractivity contribution in [2.75, 3.05) is 12.8 Å². The average Bonchev–Trinajstić information content (AvgIpc) is 2.35. The molecule has 0 spiro atoms. The predicted octanol–water partition coefficient (Wildman–Crippen LogP) is 1.91. The van der Waals surface area contributed by atoms with Gasteiger partial charge in [-0.3, -0.25) is 4.79 Å². The third-order valence-electron chi connectivity index (χ3n) is 3.01. The Balaban J connectivity index is 2.67. The highest BCUT2D eigenvalue weighted by atomic mass is 35.5. The second kappa shape index (κ2) is 5.92. The lowest BCUT2D eigenvalue weighted by molar-refractivity contribution is -0.120. The molecule has 1 unspecified atom stereocenters. The second-order valence-corrected chi connectivity index (χ2v) is 8.11. The molecule has 0 aliphatic heterocycles. The van der Waals surface area contributed by atoms with Crippen molar-refractivity contribution in [1.29, 1.82) is 0 Å². The van der Waals surface area contributed by atoms with Crippen LogP contribution in [0.2, 0.25) is 0 Å². The van der Waals surface area contributed by atoms with E-state index in [-0.39, 0.29) is 6.54 Å². The first-order valence-electron chi connectivity index (χ1n) is 5.81. The van der Waals surface area contributed by atoms with Gasteiger partial charge in [-0.05, 0) is 19.4 Å². The molecule has 0 aliphatic rings. The second-order valence-electron chi connectivity index (χ2n) is 5.02. The van der Waals surface area contributed by atoms with E-state index in [2.05, 4.69) is 5.32 Å². The summed E-state index contributed by atoms with van der Waals surface area (Å²) in [5.41, 5.74) is 0.679. The molecule has 1 atom stereocenters. The molecule has 1 aromatic rings. The third-order valence-corrected chi connectivity index (χ3v) is 5.62. The molecule has 0 saturated carbocycles. The summed E-state index contributed by atoms with van der Waals surface area (Å²) in [6.45, 7) is 3.16. The maximum absolute atomic E-state index is 11.9. The van der Waals surface area contributed by atoms with E-state index in [4.69, 9.17) is 11.6 Å². The molecule has 0 radical (unpaired) electrons. The van der Waals surface area contributed by atoms with Gasteiger partial charge in [0, 0.05) is 12.8 Å². The lowest BCUT2D eigenvalue weighted by Crippen LogP contribution is -2.44. The molecular weight excluding hydrogens is 286 g/mol. The summed E-state index contributed by atoms with van der Waals surface area (Å²) in [6, 6.07) is 8.91. The van der Waals surface area contributed by atoms with Gasteiger partial charge >= 0.3 is 0 Å². The van der Waals surface area contributed by atoms with Gasteiger partial charge in [0.15, 0.2) is 9.84 Å². The summed E-state index contributed by atoms with van der Waals surface area (Å²) in [4.78, 5) is 11.9. The first-order valence-corrected chi connectivity index (χ1v) is 8.14. The van der Waals surface area contributed by atoms with Crippen molar-refractivity contribution < 1.29 is 13.2 Å². The van der Waals surface area contributed by atoms with Gasteiger partial charge in [0.2, 0.25) is 5.91 Å². The van der Waals surface area contributed by atoms with Crippen LogP contribution < -0.4 is 5.32 Å². The number of carbonyl (C=O) groups excluding carboxylic acids is 1. The number of hydrogen-bond acceptors (Lipinski definition) is 3. The lowest BCUT2D eigenvalue weighted by atomic mass is 10.1. The summed E-state index contributed by atoms with van der Waals surface area (Å²) in [5.74, 6) is -0.399. The van der Waals surface area contributed by atoms with Crippen LogP contribution in [0.15, 0.2) is 30.3 Å². The van der Waals surface area contributed by atoms with E-state index in [1.54, 1.807) is 38.1 Å². The molecule has 1 amide bonds. The fraction of sp³-hybridized carbons (Fsp3) is 0.462. The number of amides is 1. The first-order chi connectivity index (χ1) is 8.65. The average molecular weight is 304 g/mol. The Bertz CT molecular complexity index is 540. The Morgan fingerprint density at radius 1 is 1.32 bits per heavy atom. The third kappa shape index (κ3) is 4.21. The van der Waals surface area contributed by atoms with Gasteiger partial charge in [0.1, 0.15) is 5.38 Å². The summed E-state index contributed by atoms with van der Waals surface area (Å²) in [5, 5.41) is 1.76. The van der Waals surface area contributed by atoms with Crippen LogP contribution in [0.5, 0.6) is 0 Å². The molecule has 1 aromatic carbocycles. The van der Waals surface area contributed by atoms with Crippen LogP contribution in [0.1, 0.15) is 24.8 Å². The molecule has 1 N–H and O–H groups in total. The van der Waals surface area contributed by atoms with Gasteiger partial charge in [-0.15, -0.1) is 11.6 Å². The molecule has 0 aromatic heterocycles. The summed E-state index contributed by atoms with van der Waals surface area (Å²) < 4.78 is 22.0. The van der Waals surface area contributed by atoms with Crippen LogP contribution in [0, 0.1) is 0 Å². The molecule has 0 bridgehead atoms. The predicted molar refractivity (Wildman–Crippen MR) is 77.0 cm³/mol. The smallest absolute Gasteiger partial charge is 0.242 e. The van der Waals surface area contributed by atoms with Crippen molar-refractivity contribution in [3.8, 4) is 0 Å². The number of rotatable bonds is 5. The minimum Gasteiger partial charge on any atom is -0.353 e. The van der Waals surface area contributed by atoms with E-state index in [1.807, 2.05) is 6.07 Å². The van der Waals surface area contributed by atoms with Crippen LogP contribution in [-0.4, -0.2) is 31.9 Å². The van der Waals surface area contributed by atoms with E-state index >= 15 is 0 Å². The monoisotopic (exact) mass is 303 g/mol. The summed E-state index contributed by atoms with van der Waals surface area (Å²) in [6.07, 6.45) is 1.15. The largest absolute Gasteiger partial charge is 0.353 e. The number of carbonyl (C=O) groups is 1. The zero-order valence-corrected chi connectivity index (χ0v) is 12.8. The lowest BCUT2D eigenvalue weighted by Gasteiger charge is -2.23. The highest BCUT2D eigenvalue weighted by Crippen LogP contribution is 2.21. The van der Waals surface area contributed by atoms with E-state index in [0.717, 1.165) is 6.26 Å². The fourth-order valence-corrected chi connectivity index (χ4v) is 1.85. The van der Waals surface area contributed by atoms with Gasteiger partial charge in [0.05, 0.1) is 4.75 Å². The van der Waals surface area contributed by atoms with Crippen molar-refractivity contribution >= 4 is 27.3 Å². The van der Waals surface area contributed by atoms with Gasteiger partial charge in [0.25, 0.3) is 0 Å². The van der Waals surface area contributed by atoms with Crippen LogP contribution in [0.4, 0.5) is 0 Å². The van der Waals surface area contributed by atoms with E-state index in [9.17, 15) is 13.2 Å². The zero-order chi connectivity index (χ0) is 14.7. The molecule has 0 aliphatic carbocycles. The van der Waals surface area contributed by atoms with Gasteiger partial charge in [-0.2, -0.15) is 0 Å². The highest BCUT2D eigenvalue weighted by Gasteiger charge is 2.31. The topological polar surface area (TPSA) is 63.2 Å². The van der Waals surface area contributed by atoms with Gasteiger partial charge in [-0.25, -0.2) is 8.42 Å².